The molecule has 1 atom stereocenters. The van der Waals surface area contributed by atoms with E-state index in [2.05, 4.69) is 0 Å². The second kappa shape index (κ2) is 6.34. The van der Waals surface area contributed by atoms with E-state index in [1.165, 1.54) is 12.1 Å². The standard InChI is InChI=1S/C17H23FN2O2/c18-15-3-1-2-14(10-15)17(5-8-22-9-6-17)16(21)20-7-4-13(11-19)12-20/h1-3,10,13H,4-9,11-12,19H2/t13-/m0/s1. The van der Waals surface area contributed by atoms with Gasteiger partial charge in [0.1, 0.15) is 5.82 Å². The van der Waals surface area contributed by atoms with Crippen LogP contribution in [0.15, 0.2) is 24.3 Å². The van der Waals surface area contributed by atoms with Crippen molar-refractivity contribution in [3.63, 3.8) is 0 Å². The van der Waals surface area contributed by atoms with Crippen LogP contribution in [0.4, 0.5) is 4.39 Å². The summed E-state index contributed by atoms with van der Waals surface area (Å²) in [6.07, 6.45) is 2.18. The molecule has 2 aliphatic heterocycles. The molecule has 2 N–H and O–H groups in total. The Hall–Kier alpha value is -1.46. The third-order valence-electron chi connectivity index (χ3n) is 5.04. The number of halogens is 1. The molecule has 0 unspecified atom stereocenters. The molecule has 22 heavy (non-hydrogen) atoms. The maximum atomic E-state index is 13.7. The van der Waals surface area contributed by atoms with E-state index in [4.69, 9.17) is 10.5 Å². The molecule has 2 aliphatic rings. The largest absolute Gasteiger partial charge is 0.381 e. The fraction of sp³-hybridized carbons (Fsp3) is 0.588. The molecule has 0 saturated carbocycles. The van der Waals surface area contributed by atoms with Gasteiger partial charge in [0.2, 0.25) is 5.91 Å². The molecule has 3 rings (SSSR count). The quantitative estimate of drug-likeness (QED) is 0.924. The maximum Gasteiger partial charge on any atom is 0.233 e. The summed E-state index contributed by atoms with van der Waals surface area (Å²) in [6.45, 7) is 3.15. The molecular formula is C17H23FN2O2. The molecule has 1 amide bonds. The lowest BCUT2D eigenvalue weighted by Gasteiger charge is -2.39. The van der Waals surface area contributed by atoms with E-state index in [9.17, 15) is 9.18 Å². The topological polar surface area (TPSA) is 55.6 Å². The number of likely N-dealkylation sites (tertiary alicyclic amines) is 1. The van der Waals surface area contributed by atoms with Crippen molar-refractivity contribution in [3.05, 3.63) is 35.6 Å². The molecular weight excluding hydrogens is 283 g/mol. The summed E-state index contributed by atoms with van der Waals surface area (Å²) in [5.74, 6) is 0.197. The van der Waals surface area contributed by atoms with Crippen LogP contribution in [0.2, 0.25) is 0 Å². The minimum atomic E-state index is -0.649. The first-order chi connectivity index (χ1) is 10.7. The van der Waals surface area contributed by atoms with Gasteiger partial charge in [-0.25, -0.2) is 4.39 Å². The van der Waals surface area contributed by atoms with Gasteiger partial charge in [0.15, 0.2) is 0 Å². The van der Waals surface area contributed by atoms with E-state index in [-0.39, 0.29) is 11.7 Å². The first-order valence-electron chi connectivity index (χ1n) is 7.99. The lowest BCUT2D eigenvalue weighted by atomic mass is 9.73. The van der Waals surface area contributed by atoms with E-state index in [0.717, 1.165) is 18.5 Å². The molecule has 2 heterocycles. The number of benzene rings is 1. The van der Waals surface area contributed by atoms with Gasteiger partial charge in [0.05, 0.1) is 5.41 Å². The fourth-order valence-electron chi connectivity index (χ4n) is 3.64. The van der Waals surface area contributed by atoms with Crippen LogP contribution < -0.4 is 5.73 Å². The van der Waals surface area contributed by atoms with Crippen LogP contribution in [0, 0.1) is 11.7 Å². The van der Waals surface area contributed by atoms with Gasteiger partial charge in [0.25, 0.3) is 0 Å². The van der Waals surface area contributed by atoms with Crippen LogP contribution in [0.25, 0.3) is 0 Å². The number of nitrogens with two attached hydrogens (primary N) is 1. The Labute approximate surface area is 130 Å². The second-order valence-corrected chi connectivity index (χ2v) is 6.35. The van der Waals surface area contributed by atoms with Crippen molar-refractivity contribution in [3.8, 4) is 0 Å². The third kappa shape index (κ3) is 2.75. The first-order valence-corrected chi connectivity index (χ1v) is 7.99. The van der Waals surface area contributed by atoms with Crippen molar-refractivity contribution in [2.24, 2.45) is 11.7 Å². The van der Waals surface area contributed by atoms with Gasteiger partial charge < -0.3 is 15.4 Å². The Morgan fingerprint density at radius 2 is 2.18 bits per heavy atom. The highest BCUT2D eigenvalue weighted by Crippen LogP contribution is 2.38. The smallest absolute Gasteiger partial charge is 0.233 e. The van der Waals surface area contributed by atoms with Crippen LogP contribution in [0.3, 0.4) is 0 Å². The van der Waals surface area contributed by atoms with Crippen molar-refractivity contribution in [1.82, 2.24) is 4.90 Å². The summed E-state index contributed by atoms with van der Waals surface area (Å²) in [4.78, 5) is 15.1. The fourth-order valence-corrected chi connectivity index (χ4v) is 3.64. The van der Waals surface area contributed by atoms with Crippen LogP contribution >= 0.6 is 0 Å². The number of carbonyl (C=O) groups is 1. The summed E-state index contributed by atoms with van der Waals surface area (Å²) in [5, 5.41) is 0. The molecule has 0 radical (unpaired) electrons. The number of rotatable bonds is 3. The number of amides is 1. The van der Waals surface area contributed by atoms with Gasteiger partial charge in [-0.2, -0.15) is 0 Å². The molecule has 2 fully saturated rings. The molecule has 4 nitrogen and oxygen atoms in total. The maximum absolute atomic E-state index is 13.7. The molecule has 5 heteroatoms. The molecule has 0 spiro atoms. The van der Waals surface area contributed by atoms with Crippen LogP contribution in [0.5, 0.6) is 0 Å². The highest BCUT2D eigenvalue weighted by Gasteiger charge is 2.45. The molecule has 0 aliphatic carbocycles. The van der Waals surface area contributed by atoms with Crippen molar-refractivity contribution in [2.75, 3.05) is 32.8 Å². The monoisotopic (exact) mass is 306 g/mol. The van der Waals surface area contributed by atoms with Crippen molar-refractivity contribution < 1.29 is 13.9 Å². The number of hydrogen-bond acceptors (Lipinski definition) is 3. The lowest BCUT2D eigenvalue weighted by Crippen LogP contribution is -2.49. The number of carbonyl (C=O) groups excluding carboxylic acids is 1. The summed E-state index contributed by atoms with van der Waals surface area (Å²) in [6, 6.07) is 6.46. The Morgan fingerprint density at radius 1 is 1.41 bits per heavy atom. The van der Waals surface area contributed by atoms with E-state index < -0.39 is 5.41 Å². The molecule has 2 saturated heterocycles. The molecule has 1 aromatic carbocycles. The number of ether oxygens (including phenoxy) is 1. The summed E-state index contributed by atoms with van der Waals surface area (Å²) in [5.41, 5.74) is 5.86. The molecule has 120 valence electrons. The average molecular weight is 306 g/mol. The Balaban J connectivity index is 1.91. The van der Waals surface area contributed by atoms with E-state index in [1.807, 2.05) is 11.0 Å². The third-order valence-corrected chi connectivity index (χ3v) is 5.04. The zero-order chi connectivity index (χ0) is 15.6. The van der Waals surface area contributed by atoms with Gasteiger partial charge in [-0.1, -0.05) is 12.1 Å². The second-order valence-electron chi connectivity index (χ2n) is 6.35. The predicted molar refractivity (Wildman–Crippen MR) is 81.9 cm³/mol. The van der Waals surface area contributed by atoms with Crippen LogP contribution in [0.1, 0.15) is 24.8 Å². The minimum Gasteiger partial charge on any atom is -0.381 e. The normalized spacial score (nSPS) is 24.5. The van der Waals surface area contributed by atoms with Crippen LogP contribution in [-0.4, -0.2) is 43.7 Å². The van der Waals surface area contributed by atoms with E-state index >= 15 is 0 Å². The average Bonchev–Trinajstić information content (AvgIpc) is 3.04. The summed E-state index contributed by atoms with van der Waals surface area (Å²) in [7, 11) is 0. The lowest BCUT2D eigenvalue weighted by molar-refractivity contribution is -0.140. The zero-order valence-corrected chi connectivity index (χ0v) is 12.8. The minimum absolute atomic E-state index is 0.109. The summed E-state index contributed by atoms with van der Waals surface area (Å²) >= 11 is 0. The Bertz CT molecular complexity index is 543. The van der Waals surface area contributed by atoms with Gasteiger partial charge in [-0.05, 0) is 49.4 Å². The van der Waals surface area contributed by atoms with Gasteiger partial charge >= 0.3 is 0 Å². The molecule has 0 bridgehead atoms. The highest BCUT2D eigenvalue weighted by atomic mass is 19.1. The Kier molecular flexibility index (Phi) is 4.45. The van der Waals surface area contributed by atoms with E-state index in [1.54, 1.807) is 6.07 Å². The number of nitrogens with zero attached hydrogens (tertiary/aromatic N) is 1. The first kappa shape index (κ1) is 15.4. The molecule has 1 aromatic rings. The van der Waals surface area contributed by atoms with Crippen molar-refractivity contribution in [2.45, 2.75) is 24.7 Å². The predicted octanol–water partition coefficient (Wildman–Crippen LogP) is 1.68. The van der Waals surface area contributed by atoms with Crippen LogP contribution in [-0.2, 0) is 14.9 Å². The zero-order valence-electron chi connectivity index (χ0n) is 12.8. The van der Waals surface area contributed by atoms with Crippen molar-refractivity contribution >= 4 is 5.91 Å². The van der Waals surface area contributed by atoms with Gasteiger partial charge in [0, 0.05) is 26.3 Å². The molecule has 0 aromatic heterocycles. The van der Waals surface area contributed by atoms with Crippen molar-refractivity contribution in [1.29, 1.82) is 0 Å². The van der Waals surface area contributed by atoms with Gasteiger partial charge in [-0.15, -0.1) is 0 Å². The van der Waals surface area contributed by atoms with E-state index in [0.29, 0.717) is 45.1 Å². The van der Waals surface area contributed by atoms with Gasteiger partial charge in [-0.3, -0.25) is 4.79 Å². The summed E-state index contributed by atoms with van der Waals surface area (Å²) < 4.78 is 19.1. The SMILES string of the molecule is NC[C@@H]1CCN(C(=O)C2(c3cccc(F)c3)CCOCC2)C1. The number of hydrogen-bond donors (Lipinski definition) is 1. The Morgan fingerprint density at radius 3 is 2.82 bits per heavy atom. The highest BCUT2D eigenvalue weighted by molar-refractivity contribution is 5.88.